The van der Waals surface area contributed by atoms with Crippen molar-refractivity contribution in [2.45, 2.75) is 6.92 Å². The van der Waals surface area contributed by atoms with Crippen LogP contribution in [0.1, 0.15) is 5.56 Å². The molecule has 5 nitrogen and oxygen atoms in total. The van der Waals surface area contributed by atoms with E-state index >= 15 is 0 Å². The molecule has 0 atom stereocenters. The third-order valence-corrected chi connectivity index (χ3v) is 2.73. The Labute approximate surface area is 123 Å². The molecule has 2 aromatic carbocycles. The summed E-state index contributed by atoms with van der Waals surface area (Å²) in [6.45, 7) is 1.90. The summed E-state index contributed by atoms with van der Waals surface area (Å²) in [5, 5.41) is 7.90. The van der Waals surface area contributed by atoms with E-state index in [1.165, 1.54) is 7.11 Å². The SMILES string of the molecule is COC(=O)C(N=Nc1ccccc1)=Nc1ccccc1C. The van der Waals surface area contributed by atoms with Crippen LogP contribution in [0, 0.1) is 6.92 Å². The van der Waals surface area contributed by atoms with Crippen LogP contribution < -0.4 is 0 Å². The Hall–Kier alpha value is -2.82. The molecule has 0 N–H and O–H groups in total. The average Bonchev–Trinajstić information content (AvgIpc) is 2.53. The van der Waals surface area contributed by atoms with Gasteiger partial charge in [0.25, 0.3) is 5.84 Å². The summed E-state index contributed by atoms with van der Waals surface area (Å²) in [4.78, 5) is 16.0. The standard InChI is InChI=1S/C16H15N3O2/c1-12-8-6-7-11-14(12)17-15(16(20)21-2)19-18-13-9-4-3-5-10-13/h3-11H,1-2H3. The Morgan fingerprint density at radius 2 is 1.67 bits per heavy atom. The summed E-state index contributed by atoms with van der Waals surface area (Å²) < 4.78 is 4.69. The highest BCUT2D eigenvalue weighted by Gasteiger charge is 2.12. The van der Waals surface area contributed by atoms with Gasteiger partial charge in [-0.15, -0.1) is 10.2 Å². The predicted octanol–water partition coefficient (Wildman–Crippen LogP) is 3.98. The summed E-state index contributed by atoms with van der Waals surface area (Å²) in [6, 6.07) is 16.6. The van der Waals surface area contributed by atoms with E-state index in [9.17, 15) is 4.79 Å². The Morgan fingerprint density at radius 3 is 2.33 bits per heavy atom. The smallest absolute Gasteiger partial charge is 0.378 e. The lowest BCUT2D eigenvalue weighted by atomic mass is 10.2. The summed E-state index contributed by atoms with van der Waals surface area (Å²) in [6.07, 6.45) is 0. The van der Waals surface area contributed by atoms with Crippen molar-refractivity contribution in [2.24, 2.45) is 15.2 Å². The Bertz CT molecular complexity index is 679. The molecule has 0 saturated heterocycles. The number of carbonyl (C=O) groups is 1. The Kier molecular flexibility index (Phi) is 4.93. The van der Waals surface area contributed by atoms with E-state index in [4.69, 9.17) is 0 Å². The van der Waals surface area contributed by atoms with E-state index in [0.29, 0.717) is 11.4 Å². The zero-order valence-corrected chi connectivity index (χ0v) is 11.9. The topological polar surface area (TPSA) is 63.4 Å². The monoisotopic (exact) mass is 281 g/mol. The van der Waals surface area contributed by atoms with Crippen molar-refractivity contribution < 1.29 is 9.53 Å². The fourth-order valence-corrected chi connectivity index (χ4v) is 1.60. The van der Waals surface area contributed by atoms with Crippen LogP contribution in [-0.4, -0.2) is 18.9 Å². The normalized spacial score (nSPS) is 11.6. The fraction of sp³-hybridized carbons (Fsp3) is 0.125. The second-order valence-corrected chi connectivity index (χ2v) is 4.25. The van der Waals surface area contributed by atoms with E-state index in [-0.39, 0.29) is 5.84 Å². The minimum absolute atomic E-state index is 0.0874. The first-order chi connectivity index (χ1) is 10.2. The average molecular weight is 281 g/mol. The number of esters is 1. The molecule has 0 radical (unpaired) electrons. The maximum Gasteiger partial charge on any atom is 0.378 e. The lowest BCUT2D eigenvalue weighted by molar-refractivity contribution is -0.132. The number of benzene rings is 2. The van der Waals surface area contributed by atoms with E-state index in [0.717, 1.165) is 5.56 Å². The zero-order chi connectivity index (χ0) is 15.1. The third-order valence-electron chi connectivity index (χ3n) is 2.73. The fourth-order valence-electron chi connectivity index (χ4n) is 1.60. The van der Waals surface area contributed by atoms with Crippen molar-refractivity contribution in [3.05, 3.63) is 60.2 Å². The van der Waals surface area contributed by atoms with Gasteiger partial charge >= 0.3 is 5.97 Å². The number of aliphatic imine (C=N–C) groups is 1. The first-order valence-corrected chi connectivity index (χ1v) is 6.40. The van der Waals surface area contributed by atoms with E-state index in [1.54, 1.807) is 18.2 Å². The molecule has 0 heterocycles. The maximum absolute atomic E-state index is 11.7. The number of methoxy groups -OCH3 is 1. The Morgan fingerprint density at radius 1 is 1.00 bits per heavy atom. The van der Waals surface area contributed by atoms with Gasteiger partial charge in [0.2, 0.25) is 0 Å². The number of para-hydroxylation sites is 1. The quantitative estimate of drug-likeness (QED) is 0.361. The molecule has 5 heteroatoms. The van der Waals surface area contributed by atoms with Gasteiger partial charge in [-0.1, -0.05) is 36.4 Å². The predicted molar refractivity (Wildman–Crippen MR) is 81.2 cm³/mol. The highest BCUT2D eigenvalue weighted by molar-refractivity contribution is 6.36. The Balaban J connectivity index is 2.34. The van der Waals surface area contributed by atoms with Crippen LogP contribution in [0.5, 0.6) is 0 Å². The molecule has 0 spiro atoms. The van der Waals surface area contributed by atoms with Gasteiger partial charge in [-0.3, -0.25) is 0 Å². The molecule has 0 unspecified atom stereocenters. The molecule has 2 rings (SSSR count). The number of amidine groups is 1. The molecule has 0 aromatic heterocycles. The molecule has 0 aliphatic rings. The highest BCUT2D eigenvalue weighted by Crippen LogP contribution is 2.18. The van der Waals surface area contributed by atoms with Crippen LogP contribution in [-0.2, 0) is 9.53 Å². The van der Waals surface area contributed by atoms with Crippen molar-refractivity contribution >= 4 is 23.2 Å². The number of azo groups is 1. The second kappa shape index (κ2) is 7.09. The highest BCUT2D eigenvalue weighted by atomic mass is 16.5. The van der Waals surface area contributed by atoms with Crippen LogP contribution in [0.15, 0.2) is 69.8 Å². The molecule has 0 saturated carbocycles. The minimum atomic E-state index is -0.627. The van der Waals surface area contributed by atoms with Crippen molar-refractivity contribution in [3.63, 3.8) is 0 Å². The third kappa shape index (κ3) is 4.07. The van der Waals surface area contributed by atoms with Crippen LogP contribution in [0.2, 0.25) is 0 Å². The number of hydrogen-bond acceptors (Lipinski definition) is 4. The largest absolute Gasteiger partial charge is 0.463 e. The molecular formula is C16H15N3O2. The first-order valence-electron chi connectivity index (χ1n) is 6.40. The van der Waals surface area contributed by atoms with Gasteiger partial charge < -0.3 is 4.74 Å². The number of aryl methyl sites for hydroxylation is 1. The van der Waals surface area contributed by atoms with Crippen molar-refractivity contribution in [3.8, 4) is 0 Å². The van der Waals surface area contributed by atoms with Gasteiger partial charge in [-0.25, -0.2) is 9.79 Å². The molecule has 0 fully saturated rings. The lowest BCUT2D eigenvalue weighted by Crippen LogP contribution is -2.12. The molecule has 0 bridgehead atoms. The summed E-state index contributed by atoms with van der Waals surface area (Å²) in [5.41, 5.74) is 2.23. The molecule has 0 aliphatic carbocycles. The van der Waals surface area contributed by atoms with Gasteiger partial charge in [-0.05, 0) is 30.7 Å². The van der Waals surface area contributed by atoms with Gasteiger partial charge in [0.05, 0.1) is 18.5 Å². The number of rotatable bonds is 2. The van der Waals surface area contributed by atoms with Crippen molar-refractivity contribution in [1.82, 2.24) is 0 Å². The molecule has 2 aromatic rings. The number of ether oxygens (including phenoxy) is 1. The van der Waals surface area contributed by atoms with Crippen LogP contribution in [0.25, 0.3) is 0 Å². The first kappa shape index (κ1) is 14.6. The summed E-state index contributed by atoms with van der Waals surface area (Å²) in [5.74, 6) is -0.714. The van der Waals surface area contributed by atoms with E-state index in [2.05, 4.69) is 20.0 Å². The molecule has 0 aliphatic heterocycles. The molecule has 21 heavy (non-hydrogen) atoms. The van der Waals surface area contributed by atoms with Gasteiger partial charge in [-0.2, -0.15) is 0 Å². The van der Waals surface area contributed by atoms with Crippen LogP contribution in [0.4, 0.5) is 11.4 Å². The van der Waals surface area contributed by atoms with Crippen molar-refractivity contribution in [2.75, 3.05) is 7.11 Å². The van der Waals surface area contributed by atoms with Crippen LogP contribution in [0.3, 0.4) is 0 Å². The molecule has 0 amide bonds. The van der Waals surface area contributed by atoms with Crippen LogP contribution >= 0.6 is 0 Å². The summed E-state index contributed by atoms with van der Waals surface area (Å²) in [7, 11) is 1.29. The number of carbonyl (C=O) groups excluding carboxylic acids is 1. The zero-order valence-electron chi connectivity index (χ0n) is 11.9. The maximum atomic E-state index is 11.7. The second-order valence-electron chi connectivity index (χ2n) is 4.25. The number of nitrogens with zero attached hydrogens (tertiary/aromatic N) is 3. The number of hydrogen-bond donors (Lipinski definition) is 0. The van der Waals surface area contributed by atoms with Gasteiger partial charge in [0.15, 0.2) is 0 Å². The minimum Gasteiger partial charge on any atom is -0.463 e. The summed E-state index contributed by atoms with van der Waals surface area (Å²) >= 11 is 0. The molecular weight excluding hydrogens is 266 g/mol. The van der Waals surface area contributed by atoms with Gasteiger partial charge in [0, 0.05) is 0 Å². The van der Waals surface area contributed by atoms with E-state index < -0.39 is 5.97 Å². The van der Waals surface area contributed by atoms with E-state index in [1.807, 2.05) is 43.3 Å². The van der Waals surface area contributed by atoms with Crippen molar-refractivity contribution in [1.29, 1.82) is 0 Å². The molecule has 106 valence electrons. The van der Waals surface area contributed by atoms with Gasteiger partial charge in [0.1, 0.15) is 0 Å². The lowest BCUT2D eigenvalue weighted by Gasteiger charge is -2.01.